The van der Waals surface area contributed by atoms with Crippen molar-refractivity contribution in [3.05, 3.63) is 39.4 Å². The van der Waals surface area contributed by atoms with Crippen LogP contribution >= 0.6 is 27.3 Å². The Labute approximate surface area is 201 Å². The molecule has 4 heterocycles. The van der Waals surface area contributed by atoms with Crippen LogP contribution in [0.25, 0.3) is 10.2 Å². The number of amides is 3. The van der Waals surface area contributed by atoms with Gasteiger partial charge in [-0.25, -0.2) is 9.37 Å². The minimum Gasteiger partial charge on any atom is -0.364 e. The van der Waals surface area contributed by atoms with Crippen molar-refractivity contribution in [3.63, 3.8) is 0 Å². The predicted molar refractivity (Wildman–Crippen MR) is 117 cm³/mol. The number of likely N-dealkylation sites (tertiary alicyclic amines) is 1. The second-order valence-corrected chi connectivity index (χ2v) is 9.29. The Morgan fingerprint density at radius 3 is 2.68 bits per heavy atom. The van der Waals surface area contributed by atoms with Gasteiger partial charge in [0.25, 0.3) is 5.91 Å². The minimum atomic E-state index is -4.67. The zero-order valence-electron chi connectivity index (χ0n) is 17.0. The van der Waals surface area contributed by atoms with Crippen LogP contribution in [0.5, 0.6) is 0 Å². The summed E-state index contributed by atoms with van der Waals surface area (Å²) in [7, 11) is 0. The van der Waals surface area contributed by atoms with E-state index in [4.69, 9.17) is 5.73 Å². The van der Waals surface area contributed by atoms with Crippen LogP contribution in [0.3, 0.4) is 0 Å². The summed E-state index contributed by atoms with van der Waals surface area (Å²) >= 11 is 3.44. The van der Waals surface area contributed by atoms with E-state index in [1.807, 2.05) is 0 Å². The fourth-order valence-corrected chi connectivity index (χ4v) is 4.96. The van der Waals surface area contributed by atoms with Crippen molar-refractivity contribution in [2.45, 2.75) is 31.4 Å². The number of carbonyl (C=O) groups excluding carboxylic acids is 3. The normalized spacial score (nSPS) is 18.4. The molecule has 0 saturated carbocycles. The molecule has 3 aromatic heterocycles. The number of nitrogens with zero attached hydrogens (tertiary/aromatic N) is 4. The number of pyridine rings is 1. The van der Waals surface area contributed by atoms with Gasteiger partial charge in [-0.3, -0.25) is 19.1 Å². The second-order valence-electron chi connectivity index (χ2n) is 7.42. The molecule has 1 aliphatic heterocycles. The number of hydrogen-bond donors (Lipinski definition) is 2. The van der Waals surface area contributed by atoms with Crippen molar-refractivity contribution in [1.29, 1.82) is 0 Å². The fraction of sp³-hybridized carbons (Fsp3) is 0.316. The van der Waals surface area contributed by atoms with Crippen LogP contribution in [0.4, 0.5) is 23.4 Å². The van der Waals surface area contributed by atoms with Crippen molar-refractivity contribution in [2.24, 2.45) is 5.73 Å². The van der Waals surface area contributed by atoms with Crippen molar-refractivity contribution in [3.8, 4) is 0 Å². The Hall–Kier alpha value is -3.07. The highest BCUT2D eigenvalue weighted by Gasteiger charge is 2.40. The molecule has 0 spiro atoms. The summed E-state index contributed by atoms with van der Waals surface area (Å²) in [5.74, 6) is -2.30. The number of anilines is 1. The summed E-state index contributed by atoms with van der Waals surface area (Å²) in [6.07, 6.45) is -6.41. The first-order valence-electron chi connectivity index (χ1n) is 9.68. The van der Waals surface area contributed by atoms with Gasteiger partial charge in [-0.15, -0.1) is 11.3 Å². The number of hydrogen-bond acceptors (Lipinski definition) is 6. The Kier molecular flexibility index (Phi) is 6.33. The molecule has 3 amide bonds. The highest BCUT2D eigenvalue weighted by molar-refractivity contribution is 9.10. The van der Waals surface area contributed by atoms with E-state index in [9.17, 15) is 31.9 Å². The third-order valence-corrected chi connectivity index (χ3v) is 6.68. The second kappa shape index (κ2) is 8.94. The first-order chi connectivity index (χ1) is 15.9. The van der Waals surface area contributed by atoms with E-state index in [1.54, 1.807) is 12.1 Å². The first-order valence-corrected chi connectivity index (χ1v) is 11.3. The third-order valence-electron chi connectivity index (χ3n) is 5.06. The van der Waals surface area contributed by atoms with Gasteiger partial charge < -0.3 is 16.0 Å². The van der Waals surface area contributed by atoms with Gasteiger partial charge >= 0.3 is 6.18 Å². The maximum Gasteiger partial charge on any atom is 0.425 e. The summed E-state index contributed by atoms with van der Waals surface area (Å²) < 4.78 is 54.9. The number of nitrogens with one attached hydrogen (secondary N) is 1. The lowest BCUT2D eigenvalue weighted by molar-refractivity contribution is -0.137. The number of fused-ring (bicyclic) bond motifs is 1. The number of carbonyl (C=O) groups is 3. The first kappa shape index (κ1) is 24.1. The molecule has 0 aliphatic carbocycles. The van der Waals surface area contributed by atoms with Gasteiger partial charge in [-0.1, -0.05) is 6.07 Å². The van der Waals surface area contributed by atoms with Crippen molar-refractivity contribution < 1.29 is 31.9 Å². The summed E-state index contributed by atoms with van der Waals surface area (Å²) in [6, 6.07) is 4.36. The maximum atomic E-state index is 14.2. The van der Waals surface area contributed by atoms with E-state index >= 15 is 0 Å². The molecule has 0 bridgehead atoms. The van der Waals surface area contributed by atoms with E-state index in [0.29, 0.717) is 4.60 Å². The van der Waals surface area contributed by atoms with Gasteiger partial charge in [-0.05, 0) is 34.1 Å². The average Bonchev–Trinajstić information content (AvgIpc) is 3.41. The predicted octanol–water partition coefficient (Wildman–Crippen LogP) is 2.95. The molecule has 9 nitrogen and oxygen atoms in total. The molecule has 15 heteroatoms. The summed E-state index contributed by atoms with van der Waals surface area (Å²) in [5, 5.41) is 6.39. The number of aromatic nitrogens is 3. The van der Waals surface area contributed by atoms with E-state index in [0.717, 1.165) is 15.6 Å². The molecule has 3 N–H and O–H groups in total. The molecule has 3 aromatic rings. The van der Waals surface area contributed by atoms with E-state index < -0.39 is 53.2 Å². The van der Waals surface area contributed by atoms with Gasteiger partial charge in [-0.2, -0.15) is 18.3 Å². The average molecular weight is 563 g/mol. The molecule has 1 fully saturated rings. The molecule has 1 saturated heterocycles. The molecule has 0 aromatic carbocycles. The van der Waals surface area contributed by atoms with E-state index in [2.05, 4.69) is 31.3 Å². The molecule has 1 aliphatic rings. The lowest BCUT2D eigenvalue weighted by atomic mass is 10.2. The molecule has 4 rings (SSSR count). The third kappa shape index (κ3) is 4.75. The van der Waals surface area contributed by atoms with Crippen LogP contribution in [0.2, 0.25) is 0 Å². The van der Waals surface area contributed by atoms with Gasteiger partial charge in [0.05, 0.1) is 16.8 Å². The van der Waals surface area contributed by atoms with Crippen LogP contribution in [0.15, 0.2) is 28.9 Å². The lowest BCUT2D eigenvalue weighted by Crippen LogP contribution is -2.44. The number of thiophene rings is 1. The van der Waals surface area contributed by atoms with Crippen LogP contribution in [0, 0.1) is 0 Å². The highest BCUT2D eigenvalue weighted by Crippen LogP contribution is 2.39. The molecule has 34 heavy (non-hydrogen) atoms. The van der Waals surface area contributed by atoms with Crippen LogP contribution in [0.1, 0.15) is 21.8 Å². The number of alkyl halides is 4. The Balaban J connectivity index is 1.59. The topological polar surface area (TPSA) is 123 Å². The SMILES string of the molecule is NC(=O)c1nn(CC(=O)N2C[C@H](F)C[C@H]2C(=O)Nc2cccc(Br)n2)c2cc(C(F)(F)F)sc12. The largest absolute Gasteiger partial charge is 0.425 e. The lowest BCUT2D eigenvalue weighted by Gasteiger charge is -2.23. The van der Waals surface area contributed by atoms with E-state index in [1.165, 1.54) is 6.07 Å². The number of rotatable bonds is 5. The Morgan fingerprint density at radius 2 is 2.03 bits per heavy atom. The molecule has 2 atom stereocenters. The molecule has 0 unspecified atom stereocenters. The van der Waals surface area contributed by atoms with E-state index in [-0.39, 0.29) is 40.3 Å². The van der Waals surface area contributed by atoms with Crippen LogP contribution in [-0.4, -0.2) is 56.1 Å². The number of primary amides is 1. The fourth-order valence-electron chi connectivity index (χ4n) is 3.60. The molecular formula is C19H15BrF4N6O3S. The molecule has 0 radical (unpaired) electrons. The number of halogens is 5. The summed E-state index contributed by atoms with van der Waals surface area (Å²) in [5.41, 5.74) is 4.70. The van der Waals surface area contributed by atoms with Crippen molar-refractivity contribution in [2.75, 3.05) is 11.9 Å². The quantitative estimate of drug-likeness (QED) is 0.365. The Morgan fingerprint density at radius 1 is 1.29 bits per heavy atom. The standard InChI is InChI=1S/C19H15BrF4N6O3S/c20-12-2-1-3-13(26-12)27-18(33)10-4-8(21)6-29(10)14(31)7-30-9-5-11(19(22,23)24)34-16(9)15(28-30)17(25)32/h1-3,5,8,10H,4,6-7H2,(H2,25,32)(H,26,27,33)/t8-,10+/m1/s1. The molecular weight excluding hydrogens is 548 g/mol. The van der Waals surface area contributed by atoms with Gasteiger partial charge in [0.2, 0.25) is 11.8 Å². The maximum absolute atomic E-state index is 14.2. The van der Waals surface area contributed by atoms with Gasteiger partial charge in [0, 0.05) is 6.42 Å². The van der Waals surface area contributed by atoms with Gasteiger partial charge in [0.1, 0.15) is 34.1 Å². The highest BCUT2D eigenvalue weighted by atomic mass is 79.9. The van der Waals surface area contributed by atoms with Crippen molar-refractivity contribution >= 4 is 61.0 Å². The zero-order valence-corrected chi connectivity index (χ0v) is 19.4. The zero-order chi connectivity index (χ0) is 24.8. The number of nitrogens with two attached hydrogens (primary N) is 1. The smallest absolute Gasteiger partial charge is 0.364 e. The van der Waals surface area contributed by atoms with Crippen LogP contribution < -0.4 is 11.1 Å². The Bertz CT molecular complexity index is 1290. The monoisotopic (exact) mass is 562 g/mol. The van der Waals surface area contributed by atoms with Gasteiger partial charge in [0.15, 0.2) is 5.69 Å². The summed E-state index contributed by atoms with van der Waals surface area (Å²) in [4.78, 5) is 41.4. The molecule has 180 valence electrons. The van der Waals surface area contributed by atoms with Crippen molar-refractivity contribution in [1.82, 2.24) is 19.7 Å². The minimum absolute atomic E-state index is 0.116. The summed E-state index contributed by atoms with van der Waals surface area (Å²) in [6.45, 7) is -1.00. The van der Waals surface area contributed by atoms with Crippen LogP contribution in [-0.2, 0) is 22.3 Å².